The van der Waals surface area contributed by atoms with Gasteiger partial charge in [0.15, 0.2) is 0 Å². The van der Waals surface area contributed by atoms with Crippen LogP contribution in [0.5, 0.6) is 0 Å². The first-order valence-electron chi connectivity index (χ1n) is 7.71. The zero-order valence-corrected chi connectivity index (χ0v) is 12.3. The van der Waals surface area contributed by atoms with Gasteiger partial charge in [0.05, 0.1) is 11.0 Å². The summed E-state index contributed by atoms with van der Waals surface area (Å²) in [6.07, 6.45) is 6.29. The molecule has 1 aliphatic carbocycles. The molecular weight excluding hydrogens is 232 g/mol. The first-order chi connectivity index (χ1) is 9.20. The Kier molecular flexibility index (Phi) is 3.34. The van der Waals surface area contributed by atoms with Gasteiger partial charge in [0, 0.05) is 12.5 Å². The van der Waals surface area contributed by atoms with E-state index >= 15 is 0 Å². The Bertz CT molecular complexity index is 576. The van der Waals surface area contributed by atoms with Crippen molar-refractivity contribution in [1.29, 1.82) is 0 Å². The molecule has 1 aliphatic rings. The summed E-state index contributed by atoms with van der Waals surface area (Å²) in [7, 11) is 0. The fourth-order valence-corrected chi connectivity index (χ4v) is 2.92. The number of benzene rings is 1. The molecule has 0 spiro atoms. The second kappa shape index (κ2) is 4.99. The molecule has 0 atom stereocenters. The topological polar surface area (TPSA) is 17.8 Å². The van der Waals surface area contributed by atoms with E-state index in [-0.39, 0.29) is 0 Å². The van der Waals surface area contributed by atoms with Crippen LogP contribution < -0.4 is 0 Å². The van der Waals surface area contributed by atoms with Gasteiger partial charge in [-0.1, -0.05) is 19.4 Å². The van der Waals surface area contributed by atoms with Gasteiger partial charge in [-0.05, 0) is 56.7 Å². The Balaban J connectivity index is 2.07. The Hall–Kier alpha value is -1.31. The van der Waals surface area contributed by atoms with Crippen molar-refractivity contribution in [3.63, 3.8) is 0 Å². The number of imidazole rings is 1. The minimum absolute atomic E-state index is 0.492. The van der Waals surface area contributed by atoms with Crippen LogP contribution in [0.15, 0.2) is 18.2 Å². The number of aromatic nitrogens is 2. The van der Waals surface area contributed by atoms with Crippen molar-refractivity contribution in [2.24, 2.45) is 0 Å². The van der Waals surface area contributed by atoms with Gasteiger partial charge < -0.3 is 4.57 Å². The second-order valence-corrected chi connectivity index (χ2v) is 6.12. The number of nitrogens with zero attached hydrogens (tertiary/aromatic N) is 2. The van der Waals surface area contributed by atoms with Crippen molar-refractivity contribution in [2.75, 3.05) is 0 Å². The lowest BCUT2D eigenvalue weighted by Gasteiger charge is -2.13. The number of aryl methyl sites for hydroxylation is 1. The van der Waals surface area contributed by atoms with E-state index < -0.39 is 0 Å². The normalized spacial score (nSPS) is 15.6. The molecule has 1 aromatic carbocycles. The standard InChI is InChI=1S/C17H24N2/c1-4-5-6-17-18-15-10-9-14(13-7-8-13)11-16(15)19(17)12(2)3/h9-13H,4-8H2,1-3H3. The largest absolute Gasteiger partial charge is 0.325 e. The molecule has 1 aromatic heterocycles. The average molecular weight is 256 g/mol. The summed E-state index contributed by atoms with van der Waals surface area (Å²) in [4.78, 5) is 4.86. The van der Waals surface area contributed by atoms with E-state index in [4.69, 9.17) is 4.98 Å². The summed E-state index contributed by atoms with van der Waals surface area (Å²) in [5.74, 6) is 2.08. The van der Waals surface area contributed by atoms with Crippen LogP contribution in [-0.2, 0) is 6.42 Å². The van der Waals surface area contributed by atoms with Gasteiger partial charge in [0.25, 0.3) is 0 Å². The molecule has 2 aromatic rings. The Morgan fingerprint density at radius 1 is 1.32 bits per heavy atom. The minimum atomic E-state index is 0.492. The lowest BCUT2D eigenvalue weighted by atomic mass is 10.1. The molecule has 2 nitrogen and oxygen atoms in total. The summed E-state index contributed by atoms with van der Waals surface area (Å²) in [5, 5.41) is 0. The molecule has 0 saturated heterocycles. The van der Waals surface area contributed by atoms with E-state index in [2.05, 4.69) is 43.5 Å². The molecule has 1 saturated carbocycles. The van der Waals surface area contributed by atoms with Crippen molar-refractivity contribution in [2.45, 2.75) is 64.8 Å². The quantitative estimate of drug-likeness (QED) is 0.748. The van der Waals surface area contributed by atoms with Crippen LogP contribution in [0.1, 0.15) is 69.8 Å². The number of hydrogen-bond acceptors (Lipinski definition) is 1. The molecule has 0 aliphatic heterocycles. The lowest BCUT2D eigenvalue weighted by molar-refractivity contribution is 0.574. The number of rotatable bonds is 5. The fraction of sp³-hybridized carbons (Fsp3) is 0.588. The van der Waals surface area contributed by atoms with Crippen LogP contribution in [0, 0.1) is 0 Å². The van der Waals surface area contributed by atoms with E-state index in [1.54, 1.807) is 0 Å². The Labute approximate surface area is 115 Å². The van der Waals surface area contributed by atoms with E-state index in [1.165, 1.54) is 48.1 Å². The second-order valence-electron chi connectivity index (χ2n) is 6.12. The first-order valence-corrected chi connectivity index (χ1v) is 7.71. The highest BCUT2D eigenvalue weighted by atomic mass is 15.1. The van der Waals surface area contributed by atoms with Gasteiger partial charge >= 0.3 is 0 Å². The van der Waals surface area contributed by atoms with Crippen LogP contribution in [0.4, 0.5) is 0 Å². The molecule has 0 radical (unpaired) electrons. The van der Waals surface area contributed by atoms with Crippen molar-refractivity contribution in [1.82, 2.24) is 9.55 Å². The van der Waals surface area contributed by atoms with Gasteiger partial charge in [0.2, 0.25) is 0 Å². The molecule has 1 heterocycles. The van der Waals surface area contributed by atoms with Gasteiger partial charge in [-0.15, -0.1) is 0 Å². The number of unbranched alkanes of at least 4 members (excludes halogenated alkanes) is 1. The summed E-state index contributed by atoms with van der Waals surface area (Å²) >= 11 is 0. The van der Waals surface area contributed by atoms with Gasteiger partial charge in [-0.2, -0.15) is 0 Å². The summed E-state index contributed by atoms with van der Waals surface area (Å²) in [5.41, 5.74) is 4.02. The molecule has 0 bridgehead atoms. The molecule has 1 fully saturated rings. The Morgan fingerprint density at radius 2 is 2.11 bits per heavy atom. The fourth-order valence-electron chi connectivity index (χ4n) is 2.92. The SMILES string of the molecule is CCCCc1nc2ccc(C3CC3)cc2n1C(C)C. The minimum Gasteiger partial charge on any atom is -0.325 e. The van der Waals surface area contributed by atoms with Crippen LogP contribution in [0.2, 0.25) is 0 Å². The van der Waals surface area contributed by atoms with Crippen molar-refractivity contribution in [3.8, 4) is 0 Å². The predicted molar refractivity (Wildman–Crippen MR) is 80.7 cm³/mol. The van der Waals surface area contributed by atoms with Crippen molar-refractivity contribution < 1.29 is 0 Å². The highest BCUT2D eigenvalue weighted by Gasteiger charge is 2.24. The van der Waals surface area contributed by atoms with E-state index in [0.29, 0.717) is 6.04 Å². The third-order valence-electron chi connectivity index (χ3n) is 4.11. The smallest absolute Gasteiger partial charge is 0.110 e. The maximum atomic E-state index is 4.86. The molecular formula is C17H24N2. The molecule has 0 amide bonds. The van der Waals surface area contributed by atoms with Crippen molar-refractivity contribution in [3.05, 3.63) is 29.6 Å². The summed E-state index contributed by atoms with van der Waals surface area (Å²) in [6.45, 7) is 6.77. The molecule has 3 rings (SSSR count). The highest BCUT2D eigenvalue weighted by molar-refractivity contribution is 5.77. The monoisotopic (exact) mass is 256 g/mol. The molecule has 0 unspecified atom stereocenters. The molecule has 102 valence electrons. The van der Waals surface area contributed by atoms with Gasteiger partial charge in [-0.3, -0.25) is 0 Å². The Morgan fingerprint density at radius 3 is 2.74 bits per heavy atom. The zero-order valence-electron chi connectivity index (χ0n) is 12.3. The number of hydrogen-bond donors (Lipinski definition) is 0. The highest BCUT2D eigenvalue weighted by Crippen LogP contribution is 2.41. The average Bonchev–Trinajstić information content (AvgIpc) is 3.16. The number of fused-ring (bicyclic) bond motifs is 1. The molecule has 2 heteroatoms. The zero-order chi connectivity index (χ0) is 13.4. The summed E-state index contributed by atoms with van der Waals surface area (Å²) in [6, 6.07) is 7.37. The van der Waals surface area contributed by atoms with Crippen molar-refractivity contribution >= 4 is 11.0 Å². The lowest BCUT2D eigenvalue weighted by Crippen LogP contribution is -2.06. The molecule has 0 N–H and O–H groups in total. The maximum Gasteiger partial charge on any atom is 0.110 e. The summed E-state index contributed by atoms with van der Waals surface area (Å²) < 4.78 is 2.44. The van der Waals surface area contributed by atoms with Crippen LogP contribution in [-0.4, -0.2) is 9.55 Å². The first kappa shape index (κ1) is 12.7. The van der Waals surface area contributed by atoms with E-state index in [9.17, 15) is 0 Å². The van der Waals surface area contributed by atoms with E-state index in [0.717, 1.165) is 12.3 Å². The van der Waals surface area contributed by atoms with Crippen LogP contribution >= 0.6 is 0 Å². The third-order valence-corrected chi connectivity index (χ3v) is 4.11. The third kappa shape index (κ3) is 2.41. The van der Waals surface area contributed by atoms with Crippen LogP contribution in [0.3, 0.4) is 0 Å². The van der Waals surface area contributed by atoms with Gasteiger partial charge in [0.1, 0.15) is 5.82 Å². The van der Waals surface area contributed by atoms with Gasteiger partial charge in [-0.25, -0.2) is 4.98 Å². The van der Waals surface area contributed by atoms with Crippen LogP contribution in [0.25, 0.3) is 11.0 Å². The maximum absolute atomic E-state index is 4.86. The molecule has 19 heavy (non-hydrogen) atoms. The van der Waals surface area contributed by atoms with E-state index in [1.807, 2.05) is 0 Å². The predicted octanol–water partition coefficient (Wildman–Crippen LogP) is 4.84.